The average Bonchev–Trinajstić information content (AvgIpc) is 2.55. The van der Waals surface area contributed by atoms with E-state index in [-0.39, 0.29) is 23.2 Å². The molecular formula is C16H32N2O3S. The smallest absolute Gasteiger partial charge is 0.317 e. The number of carbonyl (C=O) groups is 1. The summed E-state index contributed by atoms with van der Waals surface area (Å²) in [7, 11) is -2.96. The second-order valence-electron chi connectivity index (χ2n) is 7.74. The molecule has 1 heterocycles. The first-order valence-electron chi connectivity index (χ1n) is 8.22. The van der Waals surface area contributed by atoms with E-state index in [9.17, 15) is 13.2 Å². The van der Waals surface area contributed by atoms with Crippen LogP contribution in [0.25, 0.3) is 0 Å². The molecule has 2 atom stereocenters. The first-order valence-corrected chi connectivity index (χ1v) is 10.3. The van der Waals surface area contributed by atoms with E-state index in [2.05, 4.69) is 19.2 Å². The molecule has 0 aliphatic carbocycles. The number of hydrogen-bond acceptors (Lipinski definition) is 3. The summed E-state index contributed by atoms with van der Waals surface area (Å²) < 4.78 is 22.6. The zero-order chi connectivity index (χ0) is 17.0. The Morgan fingerprint density at radius 3 is 2.50 bits per heavy atom. The highest BCUT2D eigenvalue weighted by Crippen LogP contribution is 2.22. The molecule has 0 aromatic rings. The molecule has 1 N–H and O–H groups in total. The van der Waals surface area contributed by atoms with Crippen LogP contribution < -0.4 is 5.32 Å². The summed E-state index contributed by atoms with van der Waals surface area (Å²) in [6.07, 6.45) is 5.20. The molecule has 0 aromatic carbocycles. The minimum absolute atomic E-state index is 0.0197. The third kappa shape index (κ3) is 6.99. The summed E-state index contributed by atoms with van der Waals surface area (Å²) in [4.78, 5) is 14.4. The fourth-order valence-corrected chi connectivity index (χ4v) is 3.70. The lowest BCUT2D eigenvalue weighted by Crippen LogP contribution is -2.48. The number of amides is 2. The van der Waals surface area contributed by atoms with Crippen molar-refractivity contribution in [3.05, 3.63) is 0 Å². The summed E-state index contributed by atoms with van der Waals surface area (Å²) >= 11 is 0. The Balaban J connectivity index is 2.52. The maximum Gasteiger partial charge on any atom is 0.317 e. The van der Waals surface area contributed by atoms with E-state index in [0.29, 0.717) is 18.9 Å². The van der Waals surface area contributed by atoms with Gasteiger partial charge in [0.1, 0.15) is 9.84 Å². The van der Waals surface area contributed by atoms with Gasteiger partial charge < -0.3 is 10.2 Å². The molecule has 0 aromatic heterocycles. The van der Waals surface area contributed by atoms with Gasteiger partial charge in [0.15, 0.2) is 0 Å². The van der Waals surface area contributed by atoms with Crippen molar-refractivity contribution in [1.82, 2.24) is 10.2 Å². The maximum atomic E-state index is 12.5. The first-order chi connectivity index (χ1) is 10.0. The van der Waals surface area contributed by atoms with E-state index in [1.54, 1.807) is 0 Å². The molecule has 0 saturated carbocycles. The largest absolute Gasteiger partial charge is 0.337 e. The molecule has 0 bridgehead atoms. The lowest BCUT2D eigenvalue weighted by Gasteiger charge is -2.31. The standard InChI is InChI=1S/C16H32N2O3S/c1-13-7-6-8-14(2)18(11-13)15(19)17-12-16(3,4)9-10-22(5,20)21/h13-14H,6-12H2,1-5H3,(H,17,19)/t13-,14-/m0/s1. The van der Waals surface area contributed by atoms with E-state index >= 15 is 0 Å². The van der Waals surface area contributed by atoms with Crippen LogP contribution in [0.4, 0.5) is 4.79 Å². The third-order valence-electron chi connectivity index (χ3n) is 4.49. The van der Waals surface area contributed by atoms with Gasteiger partial charge in [-0.3, -0.25) is 0 Å². The molecule has 22 heavy (non-hydrogen) atoms. The van der Waals surface area contributed by atoms with Crippen molar-refractivity contribution < 1.29 is 13.2 Å². The lowest BCUT2D eigenvalue weighted by molar-refractivity contribution is 0.168. The lowest BCUT2D eigenvalue weighted by atomic mass is 9.90. The monoisotopic (exact) mass is 332 g/mol. The van der Waals surface area contributed by atoms with Crippen molar-refractivity contribution >= 4 is 15.9 Å². The Morgan fingerprint density at radius 1 is 1.27 bits per heavy atom. The molecule has 1 fully saturated rings. The Hall–Kier alpha value is -0.780. The van der Waals surface area contributed by atoms with E-state index in [0.717, 1.165) is 13.0 Å². The van der Waals surface area contributed by atoms with Crippen LogP contribution in [0.1, 0.15) is 53.4 Å². The minimum atomic E-state index is -2.96. The Kier molecular flexibility index (Phi) is 6.71. The molecule has 1 saturated heterocycles. The normalized spacial score (nSPS) is 24.0. The number of carbonyl (C=O) groups excluding carboxylic acids is 1. The maximum absolute atomic E-state index is 12.5. The van der Waals surface area contributed by atoms with Gasteiger partial charge in [-0.05, 0) is 37.5 Å². The van der Waals surface area contributed by atoms with Crippen LogP contribution in [-0.4, -0.2) is 50.5 Å². The minimum Gasteiger partial charge on any atom is -0.337 e. The van der Waals surface area contributed by atoms with E-state index < -0.39 is 9.84 Å². The topological polar surface area (TPSA) is 66.5 Å². The van der Waals surface area contributed by atoms with E-state index in [4.69, 9.17) is 0 Å². The summed E-state index contributed by atoms with van der Waals surface area (Å²) in [5.41, 5.74) is -0.223. The molecule has 2 amide bonds. The average molecular weight is 333 g/mol. The van der Waals surface area contributed by atoms with Crippen LogP contribution >= 0.6 is 0 Å². The molecule has 130 valence electrons. The van der Waals surface area contributed by atoms with Gasteiger partial charge in [-0.1, -0.05) is 27.2 Å². The molecule has 5 nitrogen and oxygen atoms in total. The van der Waals surface area contributed by atoms with Crippen molar-refractivity contribution in [1.29, 1.82) is 0 Å². The van der Waals surface area contributed by atoms with E-state index in [1.807, 2.05) is 18.7 Å². The molecule has 6 heteroatoms. The third-order valence-corrected chi connectivity index (χ3v) is 5.43. The second kappa shape index (κ2) is 7.66. The molecule has 0 unspecified atom stereocenters. The predicted molar refractivity (Wildman–Crippen MR) is 90.7 cm³/mol. The summed E-state index contributed by atoms with van der Waals surface area (Å²) in [5.74, 6) is 0.696. The van der Waals surface area contributed by atoms with Gasteiger partial charge in [0.05, 0.1) is 5.75 Å². The molecule has 0 radical (unpaired) electrons. The fraction of sp³-hybridized carbons (Fsp3) is 0.938. The van der Waals surface area contributed by atoms with Crippen LogP contribution in [0, 0.1) is 11.3 Å². The predicted octanol–water partition coefficient (Wildman–Crippen LogP) is 2.67. The Bertz CT molecular complexity index is 474. The quantitative estimate of drug-likeness (QED) is 0.841. The fourth-order valence-electron chi connectivity index (χ4n) is 2.77. The van der Waals surface area contributed by atoms with Crippen molar-refractivity contribution in [3.8, 4) is 0 Å². The number of likely N-dealkylation sites (tertiary alicyclic amines) is 1. The Morgan fingerprint density at radius 2 is 1.91 bits per heavy atom. The van der Waals surface area contributed by atoms with Crippen molar-refractivity contribution in [2.24, 2.45) is 11.3 Å². The van der Waals surface area contributed by atoms with E-state index in [1.165, 1.54) is 19.1 Å². The second-order valence-corrected chi connectivity index (χ2v) is 10.0. The van der Waals surface area contributed by atoms with Crippen LogP contribution in [-0.2, 0) is 9.84 Å². The number of sulfone groups is 1. The van der Waals surface area contributed by atoms with Gasteiger partial charge in [-0.15, -0.1) is 0 Å². The number of urea groups is 1. The zero-order valence-corrected chi connectivity index (χ0v) is 15.5. The van der Waals surface area contributed by atoms with Gasteiger partial charge in [0, 0.05) is 25.4 Å². The summed E-state index contributed by atoms with van der Waals surface area (Å²) in [6, 6.07) is 0.248. The Labute approximate surface area is 135 Å². The number of hydrogen-bond donors (Lipinski definition) is 1. The van der Waals surface area contributed by atoms with Gasteiger partial charge in [-0.25, -0.2) is 13.2 Å². The van der Waals surface area contributed by atoms with Gasteiger partial charge >= 0.3 is 6.03 Å². The van der Waals surface area contributed by atoms with Crippen LogP contribution in [0.15, 0.2) is 0 Å². The SMILES string of the molecule is C[C@H]1CCC[C@H](C)N(C(=O)NCC(C)(C)CCS(C)(=O)=O)C1. The van der Waals surface area contributed by atoms with Crippen LogP contribution in [0.3, 0.4) is 0 Å². The number of rotatable bonds is 5. The van der Waals surface area contributed by atoms with Crippen molar-refractivity contribution in [2.75, 3.05) is 25.1 Å². The van der Waals surface area contributed by atoms with Gasteiger partial charge in [0.25, 0.3) is 0 Å². The number of nitrogens with one attached hydrogen (secondary N) is 1. The molecule has 1 rings (SSSR count). The van der Waals surface area contributed by atoms with Gasteiger partial charge in [0.2, 0.25) is 0 Å². The number of nitrogens with zero attached hydrogens (tertiary/aromatic N) is 1. The van der Waals surface area contributed by atoms with Crippen LogP contribution in [0.5, 0.6) is 0 Å². The first kappa shape index (κ1) is 19.3. The molecule has 1 aliphatic rings. The van der Waals surface area contributed by atoms with Crippen molar-refractivity contribution in [2.45, 2.75) is 59.4 Å². The highest BCUT2D eigenvalue weighted by atomic mass is 32.2. The summed E-state index contributed by atoms with van der Waals surface area (Å²) in [6.45, 7) is 9.58. The molecule has 0 spiro atoms. The zero-order valence-electron chi connectivity index (χ0n) is 14.7. The highest BCUT2D eigenvalue weighted by molar-refractivity contribution is 7.90. The molecule has 1 aliphatic heterocycles. The van der Waals surface area contributed by atoms with Gasteiger partial charge in [-0.2, -0.15) is 0 Å². The highest BCUT2D eigenvalue weighted by Gasteiger charge is 2.27. The summed E-state index contributed by atoms with van der Waals surface area (Å²) in [5, 5.41) is 3.00. The van der Waals surface area contributed by atoms with Crippen molar-refractivity contribution in [3.63, 3.8) is 0 Å². The molecular weight excluding hydrogens is 300 g/mol. The van der Waals surface area contributed by atoms with Crippen LogP contribution in [0.2, 0.25) is 0 Å².